The molecule has 3 aromatic carbocycles. The molecule has 4 rings (SSSR count). The smallest absolute Gasteiger partial charge is 0.311 e. The summed E-state index contributed by atoms with van der Waals surface area (Å²) in [5.74, 6) is -0.544. The second-order valence-corrected chi connectivity index (χ2v) is 7.45. The summed E-state index contributed by atoms with van der Waals surface area (Å²) < 4.78 is 6.38. The SMILES string of the molecule is O=C(CCCN1C(=O)c2ccccc2C1=O)Oc1ccc2cc(Br)ccc2c1. The summed E-state index contributed by atoms with van der Waals surface area (Å²) in [6.45, 7) is 0.188. The number of hydrogen-bond acceptors (Lipinski definition) is 4. The predicted molar refractivity (Wildman–Crippen MR) is 108 cm³/mol. The van der Waals surface area contributed by atoms with Crippen LogP contribution < -0.4 is 4.74 Å². The second kappa shape index (κ2) is 7.56. The minimum absolute atomic E-state index is 0.117. The van der Waals surface area contributed by atoms with E-state index >= 15 is 0 Å². The first-order valence-corrected chi connectivity index (χ1v) is 9.67. The van der Waals surface area contributed by atoms with Crippen LogP contribution in [-0.4, -0.2) is 29.2 Å². The van der Waals surface area contributed by atoms with Crippen molar-refractivity contribution >= 4 is 44.5 Å². The van der Waals surface area contributed by atoms with Crippen LogP contribution in [0.25, 0.3) is 10.8 Å². The van der Waals surface area contributed by atoms with E-state index in [0.717, 1.165) is 15.2 Å². The fraction of sp³-hybridized carbons (Fsp3) is 0.136. The summed E-state index contributed by atoms with van der Waals surface area (Å²) in [5.41, 5.74) is 0.829. The van der Waals surface area contributed by atoms with Crippen LogP contribution in [0.3, 0.4) is 0 Å². The van der Waals surface area contributed by atoms with Crippen LogP contribution >= 0.6 is 15.9 Å². The molecule has 0 spiro atoms. The van der Waals surface area contributed by atoms with Gasteiger partial charge in [-0.05, 0) is 53.6 Å². The van der Waals surface area contributed by atoms with Crippen molar-refractivity contribution in [3.63, 3.8) is 0 Å². The molecule has 140 valence electrons. The summed E-state index contributed by atoms with van der Waals surface area (Å²) in [6, 6.07) is 18.0. The van der Waals surface area contributed by atoms with Crippen molar-refractivity contribution in [1.82, 2.24) is 4.90 Å². The number of rotatable bonds is 5. The van der Waals surface area contributed by atoms with E-state index in [0.29, 0.717) is 23.3 Å². The molecule has 1 heterocycles. The van der Waals surface area contributed by atoms with Crippen LogP contribution in [0.15, 0.2) is 65.1 Å². The zero-order valence-electron chi connectivity index (χ0n) is 14.9. The quantitative estimate of drug-likeness (QED) is 0.332. The van der Waals surface area contributed by atoms with Crippen LogP contribution in [0, 0.1) is 0 Å². The summed E-state index contributed by atoms with van der Waals surface area (Å²) in [6.07, 6.45) is 0.469. The Morgan fingerprint density at radius 2 is 1.54 bits per heavy atom. The van der Waals surface area contributed by atoms with Gasteiger partial charge in [-0.3, -0.25) is 19.3 Å². The molecule has 0 aromatic heterocycles. The third kappa shape index (κ3) is 3.55. The lowest BCUT2D eigenvalue weighted by Crippen LogP contribution is -2.31. The van der Waals surface area contributed by atoms with E-state index in [2.05, 4.69) is 15.9 Å². The third-order valence-electron chi connectivity index (χ3n) is 4.65. The maximum atomic E-state index is 12.3. The predicted octanol–water partition coefficient (Wildman–Crippen LogP) is 4.58. The van der Waals surface area contributed by atoms with Gasteiger partial charge in [0.25, 0.3) is 11.8 Å². The number of fused-ring (bicyclic) bond motifs is 2. The average Bonchev–Trinajstić information content (AvgIpc) is 2.93. The summed E-state index contributed by atoms with van der Waals surface area (Å²) in [7, 11) is 0. The van der Waals surface area contributed by atoms with Crippen LogP contribution in [0.5, 0.6) is 5.75 Å². The molecule has 0 unspecified atom stereocenters. The summed E-state index contributed by atoms with van der Waals surface area (Å²) >= 11 is 3.43. The fourth-order valence-corrected chi connectivity index (χ4v) is 3.64. The van der Waals surface area contributed by atoms with Crippen LogP contribution in [-0.2, 0) is 4.79 Å². The van der Waals surface area contributed by atoms with E-state index in [1.807, 2.05) is 30.3 Å². The van der Waals surface area contributed by atoms with Gasteiger partial charge in [0.2, 0.25) is 0 Å². The Morgan fingerprint density at radius 1 is 0.893 bits per heavy atom. The number of halogens is 1. The van der Waals surface area contributed by atoms with Crippen LogP contribution in [0.4, 0.5) is 0 Å². The summed E-state index contributed by atoms with van der Waals surface area (Å²) in [5, 5.41) is 2.01. The van der Waals surface area contributed by atoms with Crippen molar-refractivity contribution in [1.29, 1.82) is 0 Å². The molecule has 0 aliphatic carbocycles. The largest absolute Gasteiger partial charge is 0.427 e. The van der Waals surface area contributed by atoms with E-state index < -0.39 is 5.97 Å². The van der Waals surface area contributed by atoms with E-state index in [9.17, 15) is 14.4 Å². The molecule has 1 aliphatic rings. The Balaban J connectivity index is 1.34. The minimum Gasteiger partial charge on any atom is -0.427 e. The number of hydrogen-bond donors (Lipinski definition) is 0. The lowest BCUT2D eigenvalue weighted by atomic mass is 10.1. The van der Waals surface area contributed by atoms with Crippen molar-refractivity contribution in [2.75, 3.05) is 6.54 Å². The number of amides is 2. The third-order valence-corrected chi connectivity index (χ3v) is 5.14. The molecular weight excluding hydrogens is 422 g/mol. The molecule has 5 nitrogen and oxygen atoms in total. The first-order valence-electron chi connectivity index (χ1n) is 8.88. The van der Waals surface area contributed by atoms with Crippen molar-refractivity contribution in [3.8, 4) is 5.75 Å². The second-order valence-electron chi connectivity index (χ2n) is 6.54. The molecule has 3 aromatic rings. The molecular formula is C22H16BrNO4. The maximum Gasteiger partial charge on any atom is 0.311 e. The molecule has 28 heavy (non-hydrogen) atoms. The first-order chi connectivity index (χ1) is 13.5. The Morgan fingerprint density at radius 3 is 2.25 bits per heavy atom. The van der Waals surface area contributed by atoms with Gasteiger partial charge < -0.3 is 4.74 Å². The van der Waals surface area contributed by atoms with Crippen molar-refractivity contribution in [3.05, 3.63) is 76.3 Å². The van der Waals surface area contributed by atoms with Gasteiger partial charge in [-0.25, -0.2) is 0 Å². The van der Waals surface area contributed by atoms with Crippen molar-refractivity contribution in [2.24, 2.45) is 0 Å². The lowest BCUT2D eigenvalue weighted by molar-refractivity contribution is -0.134. The first kappa shape index (κ1) is 18.4. The molecule has 0 saturated carbocycles. The van der Waals surface area contributed by atoms with Crippen LogP contribution in [0.2, 0.25) is 0 Å². The summed E-state index contributed by atoms with van der Waals surface area (Å²) in [4.78, 5) is 37.9. The van der Waals surface area contributed by atoms with Gasteiger partial charge in [-0.2, -0.15) is 0 Å². The molecule has 0 saturated heterocycles. The van der Waals surface area contributed by atoms with Gasteiger partial charge in [0.15, 0.2) is 0 Å². The highest BCUT2D eigenvalue weighted by atomic mass is 79.9. The Kier molecular flexibility index (Phi) is 4.96. The number of carbonyl (C=O) groups excluding carboxylic acids is 3. The molecule has 0 bridgehead atoms. The maximum absolute atomic E-state index is 12.3. The zero-order chi connectivity index (χ0) is 19.7. The monoisotopic (exact) mass is 437 g/mol. The Hall–Kier alpha value is -2.99. The van der Waals surface area contributed by atoms with E-state index in [-0.39, 0.29) is 24.8 Å². The Labute approximate surface area is 170 Å². The normalized spacial score (nSPS) is 13.1. The highest BCUT2D eigenvalue weighted by molar-refractivity contribution is 9.10. The van der Waals surface area contributed by atoms with E-state index in [1.165, 1.54) is 4.90 Å². The van der Waals surface area contributed by atoms with Crippen LogP contribution in [0.1, 0.15) is 33.6 Å². The molecule has 0 N–H and O–H groups in total. The number of benzene rings is 3. The lowest BCUT2D eigenvalue weighted by Gasteiger charge is -2.13. The highest BCUT2D eigenvalue weighted by Crippen LogP contribution is 2.25. The Bertz CT molecular complexity index is 1070. The number of nitrogens with zero attached hydrogens (tertiary/aromatic N) is 1. The van der Waals surface area contributed by atoms with Gasteiger partial charge in [0.1, 0.15) is 5.75 Å². The van der Waals surface area contributed by atoms with Crippen molar-refractivity contribution in [2.45, 2.75) is 12.8 Å². The molecule has 0 radical (unpaired) electrons. The average molecular weight is 438 g/mol. The van der Waals surface area contributed by atoms with Crippen molar-refractivity contribution < 1.29 is 19.1 Å². The molecule has 2 amide bonds. The topological polar surface area (TPSA) is 63.7 Å². The number of carbonyl (C=O) groups is 3. The number of imide groups is 1. The minimum atomic E-state index is -0.395. The van der Waals surface area contributed by atoms with E-state index in [1.54, 1.807) is 30.3 Å². The zero-order valence-corrected chi connectivity index (χ0v) is 16.4. The molecule has 0 atom stereocenters. The number of ether oxygens (including phenoxy) is 1. The highest BCUT2D eigenvalue weighted by Gasteiger charge is 2.34. The van der Waals surface area contributed by atoms with Gasteiger partial charge in [0.05, 0.1) is 11.1 Å². The van der Waals surface area contributed by atoms with E-state index in [4.69, 9.17) is 4.74 Å². The fourth-order valence-electron chi connectivity index (χ4n) is 3.26. The number of esters is 1. The standard InChI is InChI=1S/C22H16BrNO4/c23-16-9-7-15-13-17(10-8-14(15)12-16)28-20(25)6-3-11-24-21(26)18-4-1-2-5-19(18)22(24)27/h1-2,4-5,7-10,12-13H,3,6,11H2. The molecule has 1 aliphatic heterocycles. The van der Waals surface area contributed by atoms with Gasteiger partial charge in [0, 0.05) is 17.4 Å². The molecule has 0 fully saturated rings. The van der Waals surface area contributed by atoms with Gasteiger partial charge in [-0.1, -0.05) is 40.2 Å². The molecule has 6 heteroatoms. The van der Waals surface area contributed by atoms with Gasteiger partial charge >= 0.3 is 5.97 Å². The van der Waals surface area contributed by atoms with Gasteiger partial charge in [-0.15, -0.1) is 0 Å².